The topological polar surface area (TPSA) is 144 Å². The van der Waals surface area contributed by atoms with E-state index in [4.69, 9.17) is 10.2 Å². The molecular weight excluding hydrogens is 297 g/mol. The first-order valence-electron chi connectivity index (χ1n) is 4.26. The van der Waals surface area contributed by atoms with E-state index in [1.165, 1.54) is 0 Å². The molecule has 18 heavy (non-hydrogen) atoms. The smallest absolute Gasteiger partial charge is 0.317 e. The molecule has 0 unspecified atom stereocenters. The third-order valence-corrected chi connectivity index (χ3v) is 1.52. The number of carbonyl (C=O) groups excluding carboxylic acids is 1. The van der Waals surface area contributed by atoms with Crippen molar-refractivity contribution in [3.05, 3.63) is 33.9 Å². The zero-order valence-corrected chi connectivity index (χ0v) is 12.2. The average Bonchev–Trinajstić information content (AvgIpc) is 2.30. The Balaban J connectivity index is 0. The Labute approximate surface area is 114 Å². The number of carboxylic acid groups (broad SMARTS) is 1. The number of nitrogens with two attached hydrogens (primary N) is 1. The van der Waals surface area contributed by atoms with E-state index in [0.717, 1.165) is 18.2 Å². The summed E-state index contributed by atoms with van der Waals surface area (Å²) in [5.74, 6) is -1.22. The first kappa shape index (κ1) is 18.5. The van der Waals surface area contributed by atoms with Crippen molar-refractivity contribution in [3.8, 4) is 5.75 Å². The van der Waals surface area contributed by atoms with Crippen LogP contribution in [0.25, 0.3) is 0 Å². The van der Waals surface area contributed by atoms with E-state index in [1.807, 2.05) is 0 Å². The Morgan fingerprint density at radius 2 is 2.00 bits per heavy atom. The number of nitro benzene ring substituents is 1. The van der Waals surface area contributed by atoms with Gasteiger partial charge in [-0.05, 0) is 6.07 Å². The van der Waals surface area contributed by atoms with Gasteiger partial charge in [-0.1, -0.05) is 0 Å². The molecule has 94 valence electrons. The number of aromatic hydroxyl groups is 1. The minimum absolute atomic E-state index is 0. The van der Waals surface area contributed by atoms with E-state index in [9.17, 15) is 19.7 Å². The number of aliphatic carboxylic acids is 1. The third-order valence-electron chi connectivity index (χ3n) is 1.52. The van der Waals surface area contributed by atoms with Crippen LogP contribution in [0.4, 0.5) is 5.69 Å². The molecule has 1 aromatic rings. The fourth-order valence-electron chi connectivity index (χ4n) is 0.750. The molecule has 0 bridgehead atoms. The maximum Gasteiger partial charge on any atom is 0.317 e. The summed E-state index contributed by atoms with van der Waals surface area (Å²) in [6.07, 6.45) is 0.363. The number of aldehydes is 1. The number of phenols is 1. The molecule has 0 aliphatic carbocycles. The molecule has 1 rings (SSSR count). The molecule has 0 radical (unpaired) electrons. The van der Waals surface area contributed by atoms with E-state index >= 15 is 0 Å². The number of carboxylic acids is 1. The number of rotatable bonds is 3. The van der Waals surface area contributed by atoms with Gasteiger partial charge in [-0.25, -0.2) is 0 Å². The molecule has 4 N–H and O–H groups in total. The molecular formula is C9H10N2O6Zn. The van der Waals surface area contributed by atoms with E-state index in [0.29, 0.717) is 6.29 Å². The van der Waals surface area contributed by atoms with E-state index < -0.39 is 10.9 Å². The number of nitrogens with zero attached hydrogens (tertiary/aromatic N) is 1. The molecule has 0 spiro atoms. The van der Waals surface area contributed by atoms with Gasteiger partial charge in [0.15, 0.2) is 6.29 Å². The average molecular weight is 308 g/mol. The second-order valence-electron chi connectivity index (χ2n) is 2.72. The Morgan fingerprint density at radius 1 is 1.50 bits per heavy atom. The van der Waals surface area contributed by atoms with Crippen LogP contribution in [0, 0.1) is 10.1 Å². The van der Waals surface area contributed by atoms with E-state index in [2.05, 4.69) is 5.73 Å². The Kier molecular flexibility index (Phi) is 9.46. The molecule has 0 saturated heterocycles. The van der Waals surface area contributed by atoms with Crippen LogP contribution >= 0.6 is 0 Å². The predicted molar refractivity (Wildman–Crippen MR) is 56.8 cm³/mol. The van der Waals surface area contributed by atoms with Gasteiger partial charge in [-0.3, -0.25) is 19.7 Å². The van der Waals surface area contributed by atoms with Gasteiger partial charge in [0.25, 0.3) is 5.69 Å². The van der Waals surface area contributed by atoms with Gasteiger partial charge in [0.2, 0.25) is 0 Å². The van der Waals surface area contributed by atoms with E-state index in [1.54, 1.807) is 0 Å². The van der Waals surface area contributed by atoms with Crippen molar-refractivity contribution in [2.45, 2.75) is 0 Å². The summed E-state index contributed by atoms with van der Waals surface area (Å²) >= 11 is 0. The monoisotopic (exact) mass is 306 g/mol. The molecule has 0 aliphatic heterocycles. The SMILES string of the molecule is NCC(=O)O.O=Cc1cc([N+](=O)[O-])ccc1O.[Zn]. The first-order chi connectivity index (χ1) is 7.92. The minimum Gasteiger partial charge on any atom is -0.507 e. The number of carbonyl (C=O) groups is 2. The second-order valence-corrected chi connectivity index (χ2v) is 2.72. The molecule has 8 nitrogen and oxygen atoms in total. The summed E-state index contributed by atoms with van der Waals surface area (Å²) < 4.78 is 0. The third kappa shape index (κ3) is 6.67. The van der Waals surface area contributed by atoms with Crippen molar-refractivity contribution in [2.75, 3.05) is 6.54 Å². The predicted octanol–water partition coefficient (Wildman–Crippen LogP) is 0.140. The zero-order valence-electron chi connectivity index (χ0n) is 9.28. The normalized spacial score (nSPS) is 8.28. The number of hydrogen-bond donors (Lipinski definition) is 3. The summed E-state index contributed by atoms with van der Waals surface area (Å²) in [7, 11) is 0. The van der Waals surface area contributed by atoms with Crippen LogP contribution in [-0.2, 0) is 24.3 Å². The largest absolute Gasteiger partial charge is 0.507 e. The van der Waals surface area contributed by atoms with Crippen molar-refractivity contribution in [2.24, 2.45) is 5.73 Å². The van der Waals surface area contributed by atoms with Gasteiger partial charge < -0.3 is 15.9 Å². The molecule has 1 aromatic carbocycles. The van der Waals surface area contributed by atoms with Crippen molar-refractivity contribution in [1.82, 2.24) is 0 Å². The molecule has 0 atom stereocenters. The maximum atomic E-state index is 10.2. The van der Waals surface area contributed by atoms with Crippen molar-refractivity contribution in [3.63, 3.8) is 0 Å². The summed E-state index contributed by atoms with van der Waals surface area (Å²) in [5.41, 5.74) is 4.28. The van der Waals surface area contributed by atoms with E-state index in [-0.39, 0.29) is 43.0 Å². The first-order valence-corrected chi connectivity index (χ1v) is 4.26. The zero-order chi connectivity index (χ0) is 13.4. The number of non-ortho nitro benzene ring substituents is 1. The number of phenolic OH excluding ortho intramolecular Hbond substituents is 1. The van der Waals surface area contributed by atoms with Crippen LogP contribution in [0.3, 0.4) is 0 Å². The summed E-state index contributed by atoms with van der Waals surface area (Å²) in [4.78, 5) is 29.0. The van der Waals surface area contributed by atoms with Crippen LogP contribution in [0.5, 0.6) is 5.75 Å². The molecule has 0 aliphatic rings. The molecule has 0 aromatic heterocycles. The Hall–Kier alpha value is -1.86. The number of nitro groups is 1. The van der Waals surface area contributed by atoms with Gasteiger partial charge in [0.1, 0.15) is 5.75 Å². The quantitative estimate of drug-likeness (QED) is 0.312. The molecule has 0 fully saturated rings. The van der Waals surface area contributed by atoms with Crippen molar-refractivity contribution in [1.29, 1.82) is 0 Å². The van der Waals surface area contributed by atoms with Crippen LogP contribution in [0.2, 0.25) is 0 Å². The van der Waals surface area contributed by atoms with Crippen LogP contribution < -0.4 is 5.73 Å². The fraction of sp³-hybridized carbons (Fsp3) is 0.111. The fourth-order valence-corrected chi connectivity index (χ4v) is 0.750. The Bertz CT molecular complexity index is 437. The van der Waals surface area contributed by atoms with Gasteiger partial charge in [-0.15, -0.1) is 0 Å². The molecule has 0 heterocycles. The molecule has 9 heteroatoms. The van der Waals surface area contributed by atoms with Crippen LogP contribution in [-0.4, -0.2) is 33.9 Å². The van der Waals surface area contributed by atoms with Crippen LogP contribution in [0.1, 0.15) is 10.4 Å². The molecule has 0 saturated carbocycles. The van der Waals surface area contributed by atoms with Gasteiger partial charge in [0.05, 0.1) is 17.0 Å². The van der Waals surface area contributed by atoms with Gasteiger partial charge in [-0.2, -0.15) is 0 Å². The second kappa shape index (κ2) is 9.20. The van der Waals surface area contributed by atoms with Crippen LogP contribution in [0.15, 0.2) is 18.2 Å². The summed E-state index contributed by atoms with van der Waals surface area (Å²) in [6.45, 7) is -0.278. The maximum absolute atomic E-state index is 10.2. The van der Waals surface area contributed by atoms with Gasteiger partial charge in [0, 0.05) is 31.6 Å². The summed E-state index contributed by atoms with van der Waals surface area (Å²) in [6, 6.07) is 3.26. The Morgan fingerprint density at radius 3 is 2.33 bits per heavy atom. The standard InChI is InChI=1S/C7H5NO4.C2H5NO2.Zn/c9-4-5-3-6(8(11)12)1-2-7(5)10;3-1-2(4)5;/h1-4,10H;1,3H2,(H,4,5);. The number of hydrogen-bond acceptors (Lipinski definition) is 6. The molecule has 0 amide bonds. The number of benzene rings is 1. The van der Waals surface area contributed by atoms with Crippen molar-refractivity contribution >= 4 is 17.9 Å². The minimum atomic E-state index is -0.968. The van der Waals surface area contributed by atoms with Crippen molar-refractivity contribution < 1.29 is 44.2 Å². The van der Waals surface area contributed by atoms with Gasteiger partial charge >= 0.3 is 5.97 Å². The summed E-state index contributed by atoms with van der Waals surface area (Å²) in [5, 5.41) is 26.7.